The minimum absolute atomic E-state index is 0.0616. The third-order valence-electron chi connectivity index (χ3n) is 7.58. The van der Waals surface area contributed by atoms with Crippen molar-refractivity contribution in [1.82, 2.24) is 4.90 Å². The maximum absolute atomic E-state index is 13.3. The number of hydrogen-bond acceptors (Lipinski definition) is 7. The van der Waals surface area contributed by atoms with Crippen LogP contribution in [-0.4, -0.2) is 43.6 Å². The lowest BCUT2D eigenvalue weighted by Crippen LogP contribution is -2.33. The molecule has 4 aliphatic heterocycles. The summed E-state index contributed by atoms with van der Waals surface area (Å²) in [5.74, 6) is 5.79. The van der Waals surface area contributed by atoms with Gasteiger partial charge in [-0.2, -0.15) is 0 Å². The zero-order valence-electron chi connectivity index (χ0n) is 23.9. The van der Waals surface area contributed by atoms with Crippen molar-refractivity contribution >= 4 is 23.3 Å². The van der Waals surface area contributed by atoms with Gasteiger partial charge in [0.15, 0.2) is 0 Å². The van der Waals surface area contributed by atoms with E-state index in [4.69, 9.17) is 21.1 Å². The van der Waals surface area contributed by atoms with Crippen molar-refractivity contribution in [3.05, 3.63) is 93.5 Å². The zero-order chi connectivity index (χ0) is 28.8. The SMILES string of the molecule is CCOC(=O)CC1c2ccc(C)c(c2)CN(C)C(=O)c2ccc(cc2)COCCCN(N)c2ccc1c(C)c2N. The Morgan fingerprint density at radius 2 is 1.85 bits per heavy atom. The lowest BCUT2D eigenvalue weighted by molar-refractivity contribution is -0.143. The highest BCUT2D eigenvalue weighted by molar-refractivity contribution is 5.94. The summed E-state index contributed by atoms with van der Waals surface area (Å²) < 4.78 is 11.2. The van der Waals surface area contributed by atoms with Crippen molar-refractivity contribution in [3.63, 3.8) is 0 Å². The maximum Gasteiger partial charge on any atom is 0.306 e. The number of rotatable bonds is 3. The number of hydrazine groups is 1. The highest BCUT2D eigenvalue weighted by Gasteiger charge is 2.24. The smallest absolute Gasteiger partial charge is 0.306 e. The summed E-state index contributed by atoms with van der Waals surface area (Å²) >= 11 is 0. The van der Waals surface area contributed by atoms with Crippen LogP contribution in [0.15, 0.2) is 54.6 Å². The van der Waals surface area contributed by atoms with Gasteiger partial charge in [-0.1, -0.05) is 36.4 Å². The number of hydrogen-bond donors (Lipinski definition) is 2. The van der Waals surface area contributed by atoms with Crippen LogP contribution in [0.5, 0.6) is 0 Å². The van der Waals surface area contributed by atoms with Gasteiger partial charge < -0.3 is 25.1 Å². The van der Waals surface area contributed by atoms with E-state index in [9.17, 15) is 9.59 Å². The molecule has 7 rings (SSSR count). The Bertz CT molecular complexity index is 1360. The standard InChI is InChI=1S/C32H40N4O4/c1-5-40-30(37)18-28-25-10-7-21(2)26(17-25)19-35(4)32(38)24-11-8-23(9-12-24)20-39-16-6-15-36(34)29-14-13-27(28)22(3)31(29)33/h7-14,17,28H,5-6,15-16,18-20,33-34H2,1-4H3. The quantitative estimate of drug-likeness (QED) is 0.276. The molecule has 40 heavy (non-hydrogen) atoms. The van der Waals surface area contributed by atoms with Crippen LogP contribution in [0.2, 0.25) is 0 Å². The van der Waals surface area contributed by atoms with E-state index in [1.165, 1.54) is 0 Å². The van der Waals surface area contributed by atoms with Gasteiger partial charge in [0.25, 0.3) is 5.91 Å². The summed E-state index contributed by atoms with van der Waals surface area (Å²) in [5, 5.41) is 1.65. The van der Waals surface area contributed by atoms with Crippen molar-refractivity contribution < 1.29 is 19.1 Å². The van der Waals surface area contributed by atoms with Crippen LogP contribution in [-0.2, 0) is 27.4 Å². The van der Waals surface area contributed by atoms with Crippen LogP contribution in [0.25, 0.3) is 0 Å². The molecule has 0 aromatic heterocycles. The molecule has 4 heterocycles. The van der Waals surface area contributed by atoms with Crippen LogP contribution >= 0.6 is 0 Å². The van der Waals surface area contributed by atoms with Crippen LogP contribution < -0.4 is 16.6 Å². The van der Waals surface area contributed by atoms with Crippen LogP contribution in [0.3, 0.4) is 0 Å². The van der Waals surface area contributed by atoms with E-state index in [-0.39, 0.29) is 24.2 Å². The Hall–Kier alpha value is -3.88. The molecule has 1 unspecified atom stereocenters. The van der Waals surface area contributed by atoms with Crippen molar-refractivity contribution in [2.24, 2.45) is 5.84 Å². The molecule has 4 aliphatic rings. The zero-order valence-corrected chi connectivity index (χ0v) is 23.9. The van der Waals surface area contributed by atoms with E-state index in [0.29, 0.717) is 44.2 Å². The molecule has 8 nitrogen and oxygen atoms in total. The number of carbonyl (C=O) groups excluding carboxylic acids is 2. The second kappa shape index (κ2) is 13.0. The van der Waals surface area contributed by atoms with Crippen molar-refractivity contribution in [1.29, 1.82) is 0 Å². The largest absolute Gasteiger partial charge is 0.466 e. The Morgan fingerprint density at radius 3 is 2.58 bits per heavy atom. The molecule has 0 saturated heterocycles. The van der Waals surface area contributed by atoms with Gasteiger partial charge in [0.2, 0.25) is 0 Å². The maximum atomic E-state index is 13.3. The molecule has 0 aliphatic carbocycles. The number of benzene rings is 3. The number of anilines is 2. The molecule has 1 amide bonds. The third kappa shape index (κ3) is 6.63. The molecule has 212 valence electrons. The number of ether oxygens (including phenoxy) is 2. The minimum Gasteiger partial charge on any atom is -0.466 e. The lowest BCUT2D eigenvalue weighted by atomic mass is 9.84. The average molecular weight is 545 g/mol. The molecule has 1 atom stereocenters. The predicted octanol–water partition coefficient (Wildman–Crippen LogP) is 4.84. The van der Waals surface area contributed by atoms with E-state index in [1.54, 1.807) is 23.9 Å². The number of nitrogen functional groups attached to an aromatic ring is 1. The first-order valence-corrected chi connectivity index (χ1v) is 13.8. The monoisotopic (exact) mass is 544 g/mol. The van der Waals surface area contributed by atoms with Crippen molar-refractivity contribution in [2.45, 2.75) is 52.7 Å². The Balaban J connectivity index is 1.78. The molecule has 0 radical (unpaired) electrons. The first-order chi connectivity index (χ1) is 19.2. The lowest BCUT2D eigenvalue weighted by Gasteiger charge is -2.26. The highest BCUT2D eigenvalue weighted by atomic mass is 16.5. The topological polar surface area (TPSA) is 111 Å². The minimum atomic E-state index is -0.281. The Kier molecular flexibility index (Phi) is 9.45. The van der Waals surface area contributed by atoms with E-state index < -0.39 is 0 Å². The number of carbonyl (C=O) groups is 2. The second-order valence-corrected chi connectivity index (χ2v) is 10.4. The van der Waals surface area contributed by atoms with Gasteiger partial charge in [0.05, 0.1) is 31.0 Å². The van der Waals surface area contributed by atoms with Gasteiger partial charge in [0, 0.05) is 38.2 Å². The number of nitrogens with zero attached hydrogens (tertiary/aromatic N) is 2. The Morgan fingerprint density at radius 1 is 1.10 bits per heavy atom. The van der Waals surface area contributed by atoms with Crippen LogP contribution in [0.1, 0.15) is 69.4 Å². The van der Waals surface area contributed by atoms with Gasteiger partial charge in [-0.25, -0.2) is 5.84 Å². The molecule has 3 aromatic rings. The fraction of sp³-hybridized carbons (Fsp3) is 0.375. The number of esters is 1. The number of amides is 1. The first kappa shape index (κ1) is 29.1. The van der Waals surface area contributed by atoms with Gasteiger partial charge in [-0.3, -0.25) is 9.59 Å². The Labute approximate surface area is 236 Å². The summed E-state index contributed by atoms with van der Waals surface area (Å²) in [6.45, 7) is 8.09. The van der Waals surface area contributed by atoms with Gasteiger partial charge in [-0.05, 0) is 78.8 Å². The van der Waals surface area contributed by atoms with Gasteiger partial charge in [-0.15, -0.1) is 0 Å². The molecule has 0 saturated carbocycles. The predicted molar refractivity (Wildman–Crippen MR) is 158 cm³/mol. The van der Waals surface area contributed by atoms with Gasteiger partial charge >= 0.3 is 5.97 Å². The molecule has 6 bridgehead atoms. The highest BCUT2D eigenvalue weighted by Crippen LogP contribution is 2.37. The van der Waals surface area contributed by atoms with E-state index in [1.807, 2.05) is 62.4 Å². The molecular formula is C32H40N4O4. The van der Waals surface area contributed by atoms with E-state index in [0.717, 1.165) is 45.5 Å². The molecule has 8 heteroatoms. The molecule has 4 N–H and O–H groups in total. The summed E-state index contributed by atoms with van der Waals surface area (Å²) in [5.41, 5.74) is 14.4. The summed E-state index contributed by atoms with van der Waals surface area (Å²) in [6.07, 6.45) is 0.885. The average Bonchev–Trinajstić information content (AvgIpc) is 2.94. The van der Waals surface area contributed by atoms with Crippen molar-refractivity contribution in [2.75, 3.05) is 37.5 Å². The third-order valence-corrected chi connectivity index (χ3v) is 7.58. The summed E-state index contributed by atoms with van der Waals surface area (Å²) in [4.78, 5) is 27.7. The summed E-state index contributed by atoms with van der Waals surface area (Å²) in [7, 11) is 1.80. The molecule has 3 aromatic carbocycles. The summed E-state index contributed by atoms with van der Waals surface area (Å²) in [6, 6.07) is 17.6. The molecule has 0 fully saturated rings. The fourth-order valence-corrected chi connectivity index (χ4v) is 5.17. The van der Waals surface area contributed by atoms with Crippen molar-refractivity contribution in [3.8, 4) is 0 Å². The molecular weight excluding hydrogens is 504 g/mol. The second-order valence-electron chi connectivity index (χ2n) is 10.4. The van der Waals surface area contributed by atoms with Crippen LogP contribution in [0, 0.1) is 13.8 Å². The van der Waals surface area contributed by atoms with Crippen LogP contribution in [0.4, 0.5) is 11.4 Å². The normalized spacial score (nSPS) is 16.6. The van der Waals surface area contributed by atoms with E-state index >= 15 is 0 Å². The molecule has 0 spiro atoms. The van der Waals surface area contributed by atoms with Gasteiger partial charge in [0.1, 0.15) is 0 Å². The van der Waals surface area contributed by atoms with E-state index in [2.05, 4.69) is 6.07 Å². The number of aryl methyl sites for hydroxylation is 1. The fourth-order valence-electron chi connectivity index (χ4n) is 5.17. The first-order valence-electron chi connectivity index (χ1n) is 13.8. The number of nitrogens with two attached hydrogens (primary N) is 2.